The van der Waals surface area contributed by atoms with E-state index in [9.17, 15) is 0 Å². The molecule has 0 spiro atoms. The van der Waals surface area contributed by atoms with Crippen molar-refractivity contribution in [3.63, 3.8) is 0 Å². The number of fused-ring (bicyclic) bond motifs is 1. The second-order valence-electron chi connectivity index (χ2n) is 4.05. The molecule has 1 aliphatic carbocycles. The molecule has 0 N–H and O–H groups in total. The van der Waals surface area contributed by atoms with E-state index in [2.05, 4.69) is 30.8 Å². The molecule has 1 heteroatoms. The highest BCUT2D eigenvalue weighted by Gasteiger charge is 2.14. The third kappa shape index (κ3) is 1.44. The van der Waals surface area contributed by atoms with Crippen LogP contribution >= 0.6 is 0 Å². The summed E-state index contributed by atoms with van der Waals surface area (Å²) in [4.78, 5) is 3.44. The molecule has 2 rings (SSSR count). The van der Waals surface area contributed by atoms with Crippen molar-refractivity contribution >= 4 is 11.8 Å². The highest BCUT2D eigenvalue weighted by Crippen LogP contribution is 2.31. The van der Waals surface area contributed by atoms with Gasteiger partial charge in [-0.15, -0.1) is 0 Å². The summed E-state index contributed by atoms with van der Waals surface area (Å²) in [5.41, 5.74) is 4.82. The average molecular weight is 183 g/mol. The second-order valence-corrected chi connectivity index (χ2v) is 4.05. The van der Waals surface area contributed by atoms with E-state index in [1.807, 2.05) is 12.1 Å². The van der Waals surface area contributed by atoms with Crippen LogP contribution in [0.2, 0.25) is 0 Å². The number of hydrogen-bond donors (Lipinski definition) is 0. The fourth-order valence-electron chi connectivity index (χ4n) is 1.79. The minimum atomic E-state index is 0.610. The lowest BCUT2D eigenvalue weighted by molar-refractivity contribution is 0.754. The molecule has 70 valence electrons. The van der Waals surface area contributed by atoms with Crippen LogP contribution in [0.1, 0.15) is 25.0 Å². The van der Waals surface area contributed by atoms with Gasteiger partial charge in [-0.3, -0.25) is 0 Å². The van der Waals surface area contributed by atoms with Crippen LogP contribution in [0, 0.1) is 12.5 Å². The summed E-state index contributed by atoms with van der Waals surface area (Å²) >= 11 is 0. The van der Waals surface area contributed by atoms with Crippen LogP contribution in [-0.4, -0.2) is 0 Å². The van der Waals surface area contributed by atoms with Crippen LogP contribution in [0.4, 0.5) is 5.69 Å². The highest BCUT2D eigenvalue weighted by atomic mass is 14.6. The fourth-order valence-corrected chi connectivity index (χ4v) is 1.79. The maximum absolute atomic E-state index is 6.95. The topological polar surface area (TPSA) is 4.36 Å². The monoisotopic (exact) mass is 183 g/mol. The first-order chi connectivity index (χ1) is 6.70. The Bertz CT molecular complexity index is 433. The number of hydrogen-bond acceptors (Lipinski definition) is 0. The van der Waals surface area contributed by atoms with E-state index in [-0.39, 0.29) is 0 Å². The molecule has 0 bridgehead atoms. The first-order valence-corrected chi connectivity index (χ1v) is 4.91. The minimum Gasteiger partial charge on any atom is -0.238 e. The molecule has 0 saturated heterocycles. The summed E-state index contributed by atoms with van der Waals surface area (Å²) in [6, 6.07) is 5.97. The lowest BCUT2D eigenvalue weighted by Crippen LogP contribution is -1.92. The first-order valence-electron chi connectivity index (χ1n) is 4.91. The van der Waals surface area contributed by atoms with E-state index in [1.54, 1.807) is 0 Å². The molecule has 0 amide bonds. The normalized spacial score (nSPS) is 13.7. The van der Waals surface area contributed by atoms with Crippen molar-refractivity contribution in [1.82, 2.24) is 0 Å². The molecule has 1 nitrogen and oxygen atoms in total. The van der Waals surface area contributed by atoms with Crippen LogP contribution in [0.5, 0.6) is 0 Å². The van der Waals surface area contributed by atoms with Gasteiger partial charge in [0, 0.05) is 0 Å². The number of allylic oxidation sites excluding steroid dienone is 1. The number of nitrogens with zero attached hydrogens (tertiary/aromatic N) is 1. The molecule has 0 unspecified atom stereocenters. The van der Waals surface area contributed by atoms with Crippen molar-refractivity contribution in [2.45, 2.75) is 20.3 Å². The van der Waals surface area contributed by atoms with Gasteiger partial charge in [-0.1, -0.05) is 37.6 Å². The Morgan fingerprint density at radius 2 is 2.14 bits per heavy atom. The van der Waals surface area contributed by atoms with Crippen molar-refractivity contribution in [2.75, 3.05) is 0 Å². The van der Waals surface area contributed by atoms with E-state index in [1.165, 1.54) is 16.7 Å². The quantitative estimate of drug-likeness (QED) is 0.583. The molecule has 0 aliphatic heterocycles. The summed E-state index contributed by atoms with van der Waals surface area (Å²) in [6.07, 6.45) is 3.29. The Kier molecular flexibility index (Phi) is 2.13. The van der Waals surface area contributed by atoms with Gasteiger partial charge in [0.25, 0.3) is 0 Å². The molecule has 0 saturated carbocycles. The van der Waals surface area contributed by atoms with Crippen molar-refractivity contribution in [3.05, 3.63) is 46.3 Å². The lowest BCUT2D eigenvalue weighted by atomic mass is 10.0. The van der Waals surface area contributed by atoms with Gasteiger partial charge in [-0.25, -0.2) is 4.85 Å². The maximum Gasteiger partial charge on any atom is 0.187 e. The van der Waals surface area contributed by atoms with E-state index in [0.29, 0.717) is 5.92 Å². The first kappa shape index (κ1) is 9.02. The maximum atomic E-state index is 6.95. The van der Waals surface area contributed by atoms with Gasteiger partial charge in [-0.2, -0.15) is 0 Å². The largest absolute Gasteiger partial charge is 0.238 e. The third-order valence-corrected chi connectivity index (χ3v) is 2.74. The molecule has 0 aromatic heterocycles. The SMILES string of the molecule is [C-]#[N+]c1ccc2c(c1)C=C(C(C)C)C2. The fraction of sp³-hybridized carbons (Fsp3) is 0.308. The van der Waals surface area contributed by atoms with Crippen molar-refractivity contribution in [2.24, 2.45) is 5.92 Å². The molecule has 1 aliphatic rings. The van der Waals surface area contributed by atoms with Gasteiger partial charge in [0.2, 0.25) is 0 Å². The molecule has 14 heavy (non-hydrogen) atoms. The lowest BCUT2D eigenvalue weighted by Gasteiger charge is -2.04. The molecule has 0 heterocycles. The standard InChI is InChI=1S/C13H13N/c1-9(2)11-6-10-4-5-13(14-3)8-12(10)7-11/h4-5,7-9H,6H2,1-2H3. The molecule has 1 aromatic carbocycles. The summed E-state index contributed by atoms with van der Waals surface area (Å²) in [5.74, 6) is 0.610. The molecule has 1 aromatic rings. The van der Waals surface area contributed by atoms with Gasteiger partial charge in [-0.05, 0) is 29.5 Å². The van der Waals surface area contributed by atoms with Gasteiger partial charge < -0.3 is 0 Å². The zero-order valence-electron chi connectivity index (χ0n) is 8.54. The average Bonchev–Trinajstić information content (AvgIpc) is 2.59. The Labute approximate surface area is 84.9 Å². The van der Waals surface area contributed by atoms with Crippen LogP contribution in [-0.2, 0) is 6.42 Å². The minimum absolute atomic E-state index is 0.610. The molecule has 0 fully saturated rings. The zero-order chi connectivity index (χ0) is 10.1. The highest BCUT2D eigenvalue weighted by molar-refractivity contribution is 5.68. The van der Waals surface area contributed by atoms with Crippen LogP contribution < -0.4 is 0 Å². The third-order valence-electron chi connectivity index (χ3n) is 2.74. The number of rotatable bonds is 1. The van der Waals surface area contributed by atoms with E-state index < -0.39 is 0 Å². The van der Waals surface area contributed by atoms with Crippen LogP contribution in [0.25, 0.3) is 10.9 Å². The Morgan fingerprint density at radius 3 is 2.79 bits per heavy atom. The summed E-state index contributed by atoms with van der Waals surface area (Å²) < 4.78 is 0. The van der Waals surface area contributed by atoms with E-state index in [0.717, 1.165) is 12.1 Å². The van der Waals surface area contributed by atoms with Gasteiger partial charge in [0.15, 0.2) is 5.69 Å². The van der Waals surface area contributed by atoms with Crippen molar-refractivity contribution in [3.8, 4) is 0 Å². The smallest absolute Gasteiger partial charge is 0.187 e. The Balaban J connectivity index is 2.40. The molecule has 0 radical (unpaired) electrons. The summed E-state index contributed by atoms with van der Waals surface area (Å²) in [6.45, 7) is 11.4. The van der Waals surface area contributed by atoms with Crippen LogP contribution in [0.3, 0.4) is 0 Å². The summed E-state index contributed by atoms with van der Waals surface area (Å²) in [7, 11) is 0. The molecular formula is C13H13N. The predicted molar refractivity (Wildman–Crippen MR) is 59.2 cm³/mol. The Hall–Kier alpha value is -1.55. The zero-order valence-corrected chi connectivity index (χ0v) is 8.54. The number of benzene rings is 1. The second kappa shape index (κ2) is 3.31. The van der Waals surface area contributed by atoms with Crippen molar-refractivity contribution in [1.29, 1.82) is 0 Å². The Morgan fingerprint density at radius 1 is 1.36 bits per heavy atom. The van der Waals surface area contributed by atoms with E-state index in [4.69, 9.17) is 6.57 Å². The predicted octanol–water partition coefficient (Wildman–Crippen LogP) is 3.83. The molecule has 0 atom stereocenters. The molecular weight excluding hydrogens is 170 g/mol. The van der Waals surface area contributed by atoms with Crippen molar-refractivity contribution < 1.29 is 0 Å². The van der Waals surface area contributed by atoms with Gasteiger partial charge in [0.05, 0.1) is 6.57 Å². The van der Waals surface area contributed by atoms with Gasteiger partial charge in [0.1, 0.15) is 0 Å². The summed E-state index contributed by atoms with van der Waals surface area (Å²) in [5, 5.41) is 0. The van der Waals surface area contributed by atoms with Gasteiger partial charge >= 0.3 is 0 Å². The van der Waals surface area contributed by atoms with E-state index >= 15 is 0 Å². The van der Waals surface area contributed by atoms with Crippen LogP contribution in [0.15, 0.2) is 23.8 Å².